The maximum atomic E-state index is 13.8. The van der Waals surface area contributed by atoms with Crippen LogP contribution in [0.3, 0.4) is 0 Å². The molecule has 2 aromatic carbocycles. The number of halogens is 2. The number of hydrogen-bond donors (Lipinski definition) is 0. The zero-order chi connectivity index (χ0) is 16.4. The van der Waals surface area contributed by atoms with Gasteiger partial charge in [-0.2, -0.15) is 4.68 Å². The van der Waals surface area contributed by atoms with Gasteiger partial charge in [-0.05, 0) is 42.5 Å². The van der Waals surface area contributed by atoms with Crippen LogP contribution in [-0.4, -0.2) is 16.9 Å². The average molecular weight is 381 g/mol. The van der Waals surface area contributed by atoms with E-state index in [4.69, 9.17) is 13.9 Å². The lowest BCUT2D eigenvalue weighted by molar-refractivity contribution is 0.319. The Morgan fingerprint density at radius 3 is 2.57 bits per heavy atom. The molecule has 3 rings (SSSR count). The third kappa shape index (κ3) is 3.26. The molecule has 0 saturated heterocycles. The van der Waals surface area contributed by atoms with Crippen molar-refractivity contribution in [2.45, 2.75) is 0 Å². The molecule has 23 heavy (non-hydrogen) atoms. The molecule has 6 nitrogen and oxygen atoms in total. The van der Waals surface area contributed by atoms with E-state index < -0.39 is 11.6 Å². The van der Waals surface area contributed by atoms with E-state index >= 15 is 0 Å². The summed E-state index contributed by atoms with van der Waals surface area (Å²) in [6.45, 7) is 0. The largest absolute Gasteiger partial charge is 0.497 e. The highest BCUT2D eigenvalue weighted by Crippen LogP contribution is 2.23. The van der Waals surface area contributed by atoms with Gasteiger partial charge in [0, 0.05) is 4.47 Å². The molecule has 0 atom stereocenters. The second kappa shape index (κ2) is 6.25. The van der Waals surface area contributed by atoms with Crippen LogP contribution in [-0.2, 0) is 0 Å². The van der Waals surface area contributed by atoms with E-state index in [2.05, 4.69) is 21.0 Å². The maximum absolute atomic E-state index is 13.8. The summed E-state index contributed by atoms with van der Waals surface area (Å²) < 4.78 is 30.5. The van der Waals surface area contributed by atoms with Gasteiger partial charge in [0.1, 0.15) is 23.0 Å². The minimum absolute atomic E-state index is 0.0438. The number of ether oxygens (including phenoxy) is 2. The fourth-order valence-corrected chi connectivity index (χ4v) is 2.20. The van der Waals surface area contributed by atoms with Gasteiger partial charge in [-0.3, -0.25) is 0 Å². The summed E-state index contributed by atoms with van der Waals surface area (Å²) in [5.41, 5.74) is -0.0438. The van der Waals surface area contributed by atoms with Gasteiger partial charge in [0.2, 0.25) is 0 Å². The Morgan fingerprint density at radius 1 is 1.17 bits per heavy atom. The third-order valence-corrected chi connectivity index (χ3v) is 3.42. The fourth-order valence-electron chi connectivity index (χ4n) is 1.85. The van der Waals surface area contributed by atoms with Gasteiger partial charge in [-0.15, -0.1) is 0 Å². The van der Waals surface area contributed by atoms with E-state index in [1.165, 1.54) is 18.2 Å². The third-order valence-electron chi connectivity index (χ3n) is 2.93. The van der Waals surface area contributed by atoms with E-state index in [1.54, 1.807) is 31.4 Å². The molecule has 0 amide bonds. The molecule has 118 valence electrons. The number of aromatic nitrogens is 2. The lowest BCUT2D eigenvalue weighted by Crippen LogP contribution is -2.14. The predicted octanol–water partition coefficient (Wildman–Crippen LogP) is 3.53. The molecule has 0 saturated carbocycles. The van der Waals surface area contributed by atoms with Gasteiger partial charge < -0.3 is 13.9 Å². The maximum Gasteiger partial charge on any atom is 0.444 e. The van der Waals surface area contributed by atoms with Crippen LogP contribution in [0.1, 0.15) is 0 Å². The molecule has 0 aliphatic rings. The van der Waals surface area contributed by atoms with Crippen LogP contribution in [0.5, 0.6) is 17.6 Å². The SMILES string of the molecule is COc1ccc(Oc2nn(-c3cc(Br)ccc3F)c(=O)o2)cc1. The zero-order valence-corrected chi connectivity index (χ0v) is 13.4. The first kappa shape index (κ1) is 15.3. The van der Waals surface area contributed by atoms with E-state index in [0.29, 0.717) is 16.0 Å². The van der Waals surface area contributed by atoms with Crippen molar-refractivity contribution >= 4 is 15.9 Å². The van der Waals surface area contributed by atoms with Crippen LogP contribution in [0, 0.1) is 5.82 Å². The van der Waals surface area contributed by atoms with Crippen LogP contribution < -0.4 is 15.2 Å². The van der Waals surface area contributed by atoms with Crippen molar-refractivity contribution in [2.75, 3.05) is 7.11 Å². The lowest BCUT2D eigenvalue weighted by Gasteiger charge is -2.02. The van der Waals surface area contributed by atoms with Gasteiger partial charge in [-0.25, -0.2) is 9.18 Å². The summed E-state index contributed by atoms with van der Waals surface area (Å²) >= 11 is 3.21. The number of hydrogen-bond acceptors (Lipinski definition) is 5. The smallest absolute Gasteiger partial charge is 0.444 e. The Hall–Kier alpha value is -2.61. The van der Waals surface area contributed by atoms with Crippen molar-refractivity contribution in [3.8, 4) is 23.3 Å². The van der Waals surface area contributed by atoms with Crippen molar-refractivity contribution in [3.63, 3.8) is 0 Å². The number of benzene rings is 2. The van der Waals surface area contributed by atoms with E-state index in [0.717, 1.165) is 4.68 Å². The van der Waals surface area contributed by atoms with Gasteiger partial charge >= 0.3 is 11.8 Å². The average Bonchev–Trinajstić information content (AvgIpc) is 2.91. The van der Waals surface area contributed by atoms with Crippen LogP contribution in [0.25, 0.3) is 5.69 Å². The highest BCUT2D eigenvalue weighted by molar-refractivity contribution is 9.10. The summed E-state index contributed by atoms with van der Waals surface area (Å²) in [7, 11) is 1.54. The first-order valence-electron chi connectivity index (χ1n) is 6.44. The molecule has 0 aliphatic heterocycles. The quantitative estimate of drug-likeness (QED) is 0.692. The Balaban J connectivity index is 1.91. The van der Waals surface area contributed by atoms with Crippen molar-refractivity contribution in [3.05, 3.63) is 63.3 Å². The number of methoxy groups -OCH3 is 1. The van der Waals surface area contributed by atoms with E-state index in [1.807, 2.05) is 0 Å². The molecule has 0 N–H and O–H groups in total. The van der Waals surface area contributed by atoms with Crippen molar-refractivity contribution in [1.82, 2.24) is 9.78 Å². The molecule has 3 aromatic rings. The Morgan fingerprint density at radius 2 is 1.87 bits per heavy atom. The fraction of sp³-hybridized carbons (Fsp3) is 0.0667. The lowest BCUT2D eigenvalue weighted by atomic mass is 10.3. The molecule has 1 heterocycles. The van der Waals surface area contributed by atoms with Gasteiger partial charge in [0.05, 0.1) is 7.11 Å². The molecule has 0 bridgehead atoms. The zero-order valence-electron chi connectivity index (χ0n) is 11.8. The standard InChI is InChI=1S/C15H10BrFN2O4/c1-21-10-3-5-11(6-4-10)22-14-18-19(15(20)23-14)13-8-9(16)2-7-12(13)17/h2-8H,1H3. The molecule has 0 unspecified atom stereocenters. The van der Waals surface area contributed by atoms with Crippen molar-refractivity contribution < 1.29 is 18.3 Å². The molecule has 0 fully saturated rings. The van der Waals surface area contributed by atoms with Crippen LogP contribution in [0.4, 0.5) is 4.39 Å². The number of nitrogens with zero attached hydrogens (tertiary/aromatic N) is 2. The van der Waals surface area contributed by atoms with Crippen LogP contribution >= 0.6 is 15.9 Å². The van der Waals surface area contributed by atoms with Crippen LogP contribution in [0.2, 0.25) is 0 Å². The molecule has 0 spiro atoms. The molecule has 1 aromatic heterocycles. The summed E-state index contributed by atoms with van der Waals surface area (Å²) in [6.07, 6.45) is -0.292. The van der Waals surface area contributed by atoms with Crippen LogP contribution in [0.15, 0.2) is 56.1 Å². The molecule has 8 heteroatoms. The number of rotatable bonds is 4. The molecular formula is C15H10BrFN2O4. The monoisotopic (exact) mass is 380 g/mol. The van der Waals surface area contributed by atoms with Gasteiger partial charge in [0.25, 0.3) is 0 Å². The van der Waals surface area contributed by atoms with Gasteiger partial charge in [0.15, 0.2) is 0 Å². The highest BCUT2D eigenvalue weighted by Gasteiger charge is 2.15. The predicted molar refractivity (Wildman–Crippen MR) is 82.8 cm³/mol. The topological polar surface area (TPSA) is 66.5 Å². The highest BCUT2D eigenvalue weighted by atomic mass is 79.9. The van der Waals surface area contributed by atoms with E-state index in [9.17, 15) is 9.18 Å². The summed E-state index contributed by atoms with van der Waals surface area (Å²) in [6, 6.07) is 10.7. The summed E-state index contributed by atoms with van der Waals surface area (Å²) in [5.74, 6) is -0.417. The Labute approximate surface area is 138 Å². The van der Waals surface area contributed by atoms with Gasteiger partial charge in [-0.1, -0.05) is 21.0 Å². The molecule has 0 aliphatic carbocycles. The first-order valence-corrected chi connectivity index (χ1v) is 7.23. The second-order valence-electron chi connectivity index (χ2n) is 4.42. The Bertz CT molecular complexity index is 889. The minimum atomic E-state index is -0.856. The summed E-state index contributed by atoms with van der Waals surface area (Å²) in [4.78, 5) is 11.8. The minimum Gasteiger partial charge on any atom is -0.497 e. The molecular weight excluding hydrogens is 371 g/mol. The normalized spacial score (nSPS) is 10.6. The molecule has 0 radical (unpaired) electrons. The van der Waals surface area contributed by atoms with Crippen molar-refractivity contribution in [1.29, 1.82) is 0 Å². The summed E-state index contributed by atoms with van der Waals surface area (Å²) in [5, 5.41) is 3.84. The van der Waals surface area contributed by atoms with Crippen molar-refractivity contribution in [2.24, 2.45) is 0 Å². The van der Waals surface area contributed by atoms with E-state index in [-0.39, 0.29) is 11.8 Å². The second-order valence-corrected chi connectivity index (χ2v) is 5.33. The Kier molecular flexibility index (Phi) is 4.16. The first-order chi connectivity index (χ1) is 11.1.